The third kappa shape index (κ3) is 4.25. The van der Waals surface area contributed by atoms with Crippen LogP contribution in [0.1, 0.15) is 10.4 Å². The molecule has 1 fully saturated rings. The summed E-state index contributed by atoms with van der Waals surface area (Å²) in [6.07, 6.45) is -0.452. The van der Waals surface area contributed by atoms with Crippen LogP contribution in [0.2, 0.25) is 0 Å². The summed E-state index contributed by atoms with van der Waals surface area (Å²) in [5.41, 5.74) is -0.346. The van der Waals surface area contributed by atoms with E-state index in [1.807, 2.05) is 6.07 Å². The topological polar surface area (TPSA) is 94.2 Å². The van der Waals surface area contributed by atoms with Gasteiger partial charge in [0.15, 0.2) is 11.5 Å². The number of nitrogens with zero attached hydrogens (tertiary/aromatic N) is 1. The molecule has 2 aliphatic heterocycles. The fourth-order valence-corrected chi connectivity index (χ4v) is 4.68. The van der Waals surface area contributed by atoms with Crippen molar-refractivity contribution in [1.29, 1.82) is 0 Å². The molecule has 2 heterocycles. The lowest BCUT2D eigenvalue weighted by molar-refractivity contribution is 0.0730. The molecular weight excluding hydrogens is 415 g/mol. The lowest BCUT2D eigenvalue weighted by Gasteiger charge is -2.27. The Hall–Kier alpha value is -2.69. The molecule has 1 atom stereocenters. The van der Waals surface area contributed by atoms with Gasteiger partial charge >= 0.3 is 0 Å². The molecule has 0 spiro atoms. The molecule has 1 amide bonds. The Labute approximate surface area is 173 Å². The van der Waals surface area contributed by atoms with Crippen LogP contribution in [-0.4, -0.2) is 64.2 Å². The molecule has 1 saturated heterocycles. The predicted octanol–water partition coefficient (Wildman–Crippen LogP) is 1.42. The third-order valence-corrected chi connectivity index (χ3v) is 6.74. The number of morpholine rings is 1. The predicted molar refractivity (Wildman–Crippen MR) is 105 cm³/mol. The summed E-state index contributed by atoms with van der Waals surface area (Å²) in [7, 11) is -3.84. The van der Waals surface area contributed by atoms with Crippen molar-refractivity contribution in [1.82, 2.24) is 9.62 Å². The van der Waals surface area contributed by atoms with E-state index in [0.717, 1.165) is 18.2 Å². The van der Waals surface area contributed by atoms with Crippen molar-refractivity contribution < 1.29 is 31.8 Å². The molecule has 10 heteroatoms. The highest BCUT2D eigenvalue weighted by Crippen LogP contribution is 2.30. The summed E-state index contributed by atoms with van der Waals surface area (Å²) >= 11 is 0. The van der Waals surface area contributed by atoms with Crippen LogP contribution in [0, 0.1) is 5.82 Å². The highest BCUT2D eigenvalue weighted by Gasteiger charge is 2.28. The summed E-state index contributed by atoms with van der Waals surface area (Å²) in [6, 6.07) is 10.4. The van der Waals surface area contributed by atoms with Crippen molar-refractivity contribution in [3.63, 3.8) is 0 Å². The summed E-state index contributed by atoms with van der Waals surface area (Å²) in [5, 5.41) is 2.59. The largest absolute Gasteiger partial charge is 0.486 e. The van der Waals surface area contributed by atoms with Crippen molar-refractivity contribution in [2.45, 2.75) is 11.0 Å². The monoisotopic (exact) mass is 436 g/mol. The lowest BCUT2D eigenvalue weighted by atomic mass is 10.2. The summed E-state index contributed by atoms with van der Waals surface area (Å²) in [5.74, 6) is -0.353. The first-order chi connectivity index (χ1) is 14.4. The smallest absolute Gasteiger partial charge is 0.254 e. The number of rotatable bonds is 5. The van der Waals surface area contributed by atoms with Gasteiger partial charge < -0.3 is 19.5 Å². The van der Waals surface area contributed by atoms with Crippen molar-refractivity contribution in [3.05, 3.63) is 53.8 Å². The number of hydrogen-bond acceptors (Lipinski definition) is 6. The van der Waals surface area contributed by atoms with Crippen LogP contribution in [0.25, 0.3) is 0 Å². The van der Waals surface area contributed by atoms with Gasteiger partial charge in [0.2, 0.25) is 10.0 Å². The number of carbonyl (C=O) groups excluding carboxylic acids is 1. The van der Waals surface area contributed by atoms with E-state index in [4.69, 9.17) is 14.2 Å². The maximum atomic E-state index is 14.3. The van der Waals surface area contributed by atoms with Gasteiger partial charge in [-0.25, -0.2) is 12.8 Å². The summed E-state index contributed by atoms with van der Waals surface area (Å²) in [4.78, 5) is 12.4. The van der Waals surface area contributed by atoms with Gasteiger partial charge in [-0.05, 0) is 30.3 Å². The van der Waals surface area contributed by atoms with Gasteiger partial charge in [-0.15, -0.1) is 0 Å². The lowest BCUT2D eigenvalue weighted by Crippen LogP contribution is -2.41. The molecule has 0 aromatic heterocycles. The van der Waals surface area contributed by atoms with Crippen LogP contribution in [0.15, 0.2) is 47.4 Å². The Bertz CT molecular complexity index is 1040. The second kappa shape index (κ2) is 8.58. The Kier molecular flexibility index (Phi) is 5.89. The first-order valence-electron chi connectivity index (χ1n) is 9.49. The number of benzene rings is 2. The highest BCUT2D eigenvalue weighted by atomic mass is 32.2. The molecule has 160 valence electrons. The molecule has 1 N–H and O–H groups in total. The van der Waals surface area contributed by atoms with Crippen LogP contribution >= 0.6 is 0 Å². The molecule has 2 aliphatic rings. The van der Waals surface area contributed by atoms with Crippen molar-refractivity contribution >= 4 is 15.9 Å². The molecule has 0 unspecified atom stereocenters. The third-order valence-electron chi connectivity index (χ3n) is 4.85. The maximum Gasteiger partial charge on any atom is 0.254 e. The first kappa shape index (κ1) is 20.6. The number of fused-ring (bicyclic) bond motifs is 1. The van der Waals surface area contributed by atoms with Gasteiger partial charge in [0.05, 0.1) is 30.2 Å². The number of hydrogen-bond donors (Lipinski definition) is 1. The molecule has 8 nitrogen and oxygen atoms in total. The van der Waals surface area contributed by atoms with Crippen LogP contribution in [0.3, 0.4) is 0 Å². The Morgan fingerprint density at radius 2 is 1.87 bits per heavy atom. The van der Waals surface area contributed by atoms with Crippen molar-refractivity contribution in [2.24, 2.45) is 0 Å². The number of sulfonamides is 1. The van der Waals surface area contributed by atoms with E-state index in [0.29, 0.717) is 24.7 Å². The van der Waals surface area contributed by atoms with E-state index < -0.39 is 27.9 Å². The second-order valence-corrected chi connectivity index (χ2v) is 8.80. The van der Waals surface area contributed by atoms with Crippen LogP contribution in [0.5, 0.6) is 11.5 Å². The van der Waals surface area contributed by atoms with Gasteiger partial charge in [0.1, 0.15) is 18.5 Å². The maximum absolute atomic E-state index is 14.3. The number of halogens is 1. The zero-order valence-electron chi connectivity index (χ0n) is 16.0. The van der Waals surface area contributed by atoms with Crippen LogP contribution in [-0.2, 0) is 14.8 Å². The molecule has 2 aromatic rings. The molecule has 2 aromatic carbocycles. The number of carbonyl (C=O) groups is 1. The minimum Gasteiger partial charge on any atom is -0.486 e. The number of para-hydroxylation sites is 2. The summed E-state index contributed by atoms with van der Waals surface area (Å²) < 4.78 is 57.6. The SMILES string of the molecule is O=C(NC[C@H]1COc2ccccc2O1)c1cc(S(=O)(=O)N2CCOCC2)ccc1F. The molecule has 0 bridgehead atoms. The van der Waals surface area contributed by atoms with Crippen molar-refractivity contribution in [3.8, 4) is 11.5 Å². The Morgan fingerprint density at radius 1 is 1.13 bits per heavy atom. The van der Waals surface area contributed by atoms with Gasteiger partial charge in [-0.2, -0.15) is 4.31 Å². The highest BCUT2D eigenvalue weighted by molar-refractivity contribution is 7.89. The Balaban J connectivity index is 1.45. The van der Waals surface area contributed by atoms with Gasteiger partial charge in [-0.1, -0.05) is 12.1 Å². The van der Waals surface area contributed by atoms with E-state index in [1.165, 1.54) is 4.31 Å². The van der Waals surface area contributed by atoms with Crippen LogP contribution in [0.4, 0.5) is 4.39 Å². The molecular formula is C20H21FN2O6S. The van der Waals surface area contributed by atoms with Gasteiger partial charge in [-0.3, -0.25) is 4.79 Å². The second-order valence-electron chi connectivity index (χ2n) is 6.87. The average Bonchev–Trinajstić information content (AvgIpc) is 2.78. The fraction of sp³-hybridized carbons (Fsp3) is 0.350. The fourth-order valence-electron chi connectivity index (χ4n) is 3.24. The van der Waals surface area contributed by atoms with Gasteiger partial charge in [0, 0.05) is 13.1 Å². The molecule has 0 radical (unpaired) electrons. The summed E-state index contributed by atoms with van der Waals surface area (Å²) in [6.45, 7) is 1.31. The zero-order chi connectivity index (χ0) is 21.1. The minimum atomic E-state index is -3.84. The van der Waals surface area contributed by atoms with E-state index in [1.54, 1.807) is 18.2 Å². The standard InChI is InChI=1S/C20H21FN2O6S/c21-17-6-5-15(30(25,26)23-7-9-27-10-8-23)11-16(17)20(24)22-12-14-13-28-18-3-1-2-4-19(18)29-14/h1-6,11,14H,7-10,12-13H2,(H,22,24)/t14-/m0/s1. The Morgan fingerprint density at radius 3 is 2.63 bits per heavy atom. The molecule has 30 heavy (non-hydrogen) atoms. The molecule has 4 rings (SSSR count). The zero-order valence-corrected chi connectivity index (χ0v) is 16.9. The van der Waals surface area contributed by atoms with Crippen molar-refractivity contribution in [2.75, 3.05) is 39.5 Å². The van der Waals surface area contributed by atoms with E-state index in [-0.39, 0.29) is 36.7 Å². The molecule has 0 saturated carbocycles. The van der Waals surface area contributed by atoms with E-state index >= 15 is 0 Å². The van der Waals surface area contributed by atoms with E-state index in [2.05, 4.69) is 5.32 Å². The minimum absolute atomic E-state index is 0.0764. The number of amides is 1. The number of nitrogens with one attached hydrogen (secondary N) is 1. The normalized spacial score (nSPS) is 19.3. The molecule has 0 aliphatic carbocycles. The van der Waals surface area contributed by atoms with Gasteiger partial charge in [0.25, 0.3) is 5.91 Å². The first-order valence-corrected chi connectivity index (χ1v) is 10.9. The van der Waals surface area contributed by atoms with E-state index in [9.17, 15) is 17.6 Å². The van der Waals surface area contributed by atoms with Crippen LogP contribution < -0.4 is 14.8 Å². The quantitative estimate of drug-likeness (QED) is 0.762. The average molecular weight is 436 g/mol. The number of ether oxygens (including phenoxy) is 3.